The van der Waals surface area contributed by atoms with Crippen LogP contribution < -0.4 is 5.32 Å². The molecule has 0 aromatic carbocycles. The topological polar surface area (TPSA) is 82.8 Å². The van der Waals surface area contributed by atoms with Crippen LogP contribution in [0.2, 0.25) is 0 Å². The smallest absolute Gasteiger partial charge is 0.286 e. The van der Waals surface area contributed by atoms with Gasteiger partial charge >= 0.3 is 0 Å². The SMILES string of the molecule is CC(CO)N(C)C(=O)CCCNC(=O)c1ccco1. The van der Waals surface area contributed by atoms with Gasteiger partial charge in [0.1, 0.15) is 0 Å². The zero-order valence-electron chi connectivity index (χ0n) is 11.3. The summed E-state index contributed by atoms with van der Waals surface area (Å²) in [7, 11) is 1.66. The largest absolute Gasteiger partial charge is 0.459 e. The lowest BCUT2D eigenvalue weighted by molar-refractivity contribution is -0.132. The Labute approximate surface area is 112 Å². The van der Waals surface area contributed by atoms with Crippen molar-refractivity contribution in [2.75, 3.05) is 20.2 Å². The summed E-state index contributed by atoms with van der Waals surface area (Å²) in [6.45, 7) is 2.13. The molecule has 1 unspecified atom stereocenters. The predicted molar refractivity (Wildman–Crippen MR) is 69.6 cm³/mol. The Hall–Kier alpha value is -1.82. The number of hydrogen-bond donors (Lipinski definition) is 2. The van der Waals surface area contributed by atoms with Crippen molar-refractivity contribution in [1.29, 1.82) is 0 Å². The van der Waals surface area contributed by atoms with Crippen LogP contribution in [0.3, 0.4) is 0 Å². The third kappa shape index (κ3) is 4.75. The number of aliphatic hydroxyl groups is 1. The van der Waals surface area contributed by atoms with Gasteiger partial charge in [-0.15, -0.1) is 0 Å². The standard InChI is InChI=1S/C13H20N2O4/c1-10(9-16)15(2)12(17)6-3-7-14-13(18)11-5-4-8-19-11/h4-5,8,10,16H,3,6-7,9H2,1-2H3,(H,14,18). The second kappa shape index (κ2) is 7.58. The van der Waals surface area contributed by atoms with Crippen LogP contribution in [0.25, 0.3) is 0 Å². The van der Waals surface area contributed by atoms with E-state index >= 15 is 0 Å². The molecule has 0 aliphatic heterocycles. The van der Waals surface area contributed by atoms with E-state index < -0.39 is 0 Å². The molecule has 0 saturated carbocycles. The van der Waals surface area contributed by atoms with Gasteiger partial charge in [0, 0.05) is 20.0 Å². The van der Waals surface area contributed by atoms with E-state index in [-0.39, 0.29) is 30.2 Å². The Bertz CT molecular complexity index is 403. The number of nitrogens with one attached hydrogen (secondary N) is 1. The highest BCUT2D eigenvalue weighted by molar-refractivity contribution is 5.91. The summed E-state index contributed by atoms with van der Waals surface area (Å²) in [5.41, 5.74) is 0. The number of nitrogens with zero attached hydrogens (tertiary/aromatic N) is 1. The molecule has 0 aliphatic rings. The van der Waals surface area contributed by atoms with Crippen LogP contribution in [0.15, 0.2) is 22.8 Å². The van der Waals surface area contributed by atoms with Crippen molar-refractivity contribution in [1.82, 2.24) is 10.2 Å². The molecule has 0 radical (unpaired) electrons. The lowest BCUT2D eigenvalue weighted by Crippen LogP contribution is -2.37. The number of hydrogen-bond acceptors (Lipinski definition) is 4. The van der Waals surface area contributed by atoms with E-state index in [1.165, 1.54) is 11.2 Å². The van der Waals surface area contributed by atoms with E-state index in [2.05, 4.69) is 5.32 Å². The van der Waals surface area contributed by atoms with Crippen molar-refractivity contribution >= 4 is 11.8 Å². The maximum Gasteiger partial charge on any atom is 0.286 e. The molecule has 1 atom stereocenters. The molecule has 19 heavy (non-hydrogen) atoms. The zero-order valence-corrected chi connectivity index (χ0v) is 11.3. The molecule has 2 N–H and O–H groups in total. The average Bonchev–Trinajstić information content (AvgIpc) is 2.95. The van der Waals surface area contributed by atoms with E-state index in [0.717, 1.165) is 0 Å². The van der Waals surface area contributed by atoms with E-state index in [9.17, 15) is 9.59 Å². The van der Waals surface area contributed by atoms with Gasteiger partial charge in [-0.3, -0.25) is 9.59 Å². The molecule has 6 nitrogen and oxygen atoms in total. The highest BCUT2D eigenvalue weighted by atomic mass is 16.3. The Morgan fingerprint density at radius 3 is 2.84 bits per heavy atom. The van der Waals surface area contributed by atoms with Gasteiger partial charge in [-0.2, -0.15) is 0 Å². The van der Waals surface area contributed by atoms with Crippen molar-refractivity contribution in [2.24, 2.45) is 0 Å². The molecule has 106 valence electrons. The zero-order chi connectivity index (χ0) is 14.3. The van der Waals surface area contributed by atoms with E-state index in [1.54, 1.807) is 26.1 Å². The van der Waals surface area contributed by atoms with Crippen LogP contribution in [0, 0.1) is 0 Å². The number of likely N-dealkylation sites (N-methyl/N-ethyl adjacent to an activating group) is 1. The number of furan rings is 1. The van der Waals surface area contributed by atoms with Crippen LogP contribution >= 0.6 is 0 Å². The number of carbonyl (C=O) groups is 2. The van der Waals surface area contributed by atoms with Crippen molar-refractivity contribution in [3.05, 3.63) is 24.2 Å². The van der Waals surface area contributed by atoms with Gasteiger partial charge in [-0.05, 0) is 25.5 Å². The van der Waals surface area contributed by atoms with Crippen LogP contribution in [-0.2, 0) is 4.79 Å². The van der Waals surface area contributed by atoms with Gasteiger partial charge in [0.25, 0.3) is 5.91 Å². The van der Waals surface area contributed by atoms with E-state index in [1.807, 2.05) is 0 Å². The number of amides is 2. The molecule has 0 spiro atoms. The molecule has 1 heterocycles. The molecular formula is C13H20N2O4. The van der Waals surface area contributed by atoms with Gasteiger partial charge in [-0.1, -0.05) is 0 Å². The summed E-state index contributed by atoms with van der Waals surface area (Å²) in [5, 5.41) is 11.6. The molecule has 0 fully saturated rings. The van der Waals surface area contributed by atoms with Crippen LogP contribution in [0.5, 0.6) is 0 Å². The molecule has 2 amide bonds. The molecule has 0 bridgehead atoms. The Kier molecular flexibility index (Phi) is 6.08. The summed E-state index contributed by atoms with van der Waals surface area (Å²) >= 11 is 0. The lowest BCUT2D eigenvalue weighted by atomic mass is 10.2. The van der Waals surface area contributed by atoms with Crippen LogP contribution in [0.1, 0.15) is 30.3 Å². The minimum atomic E-state index is -0.283. The maximum atomic E-state index is 11.7. The Morgan fingerprint density at radius 2 is 2.26 bits per heavy atom. The Morgan fingerprint density at radius 1 is 1.53 bits per heavy atom. The van der Waals surface area contributed by atoms with Crippen molar-refractivity contribution in [3.8, 4) is 0 Å². The van der Waals surface area contributed by atoms with Gasteiger partial charge in [0.15, 0.2) is 5.76 Å². The van der Waals surface area contributed by atoms with Crippen LogP contribution in [-0.4, -0.2) is 48.1 Å². The highest BCUT2D eigenvalue weighted by Crippen LogP contribution is 2.02. The van der Waals surface area contributed by atoms with Gasteiger partial charge in [-0.25, -0.2) is 0 Å². The summed E-state index contributed by atoms with van der Waals surface area (Å²) in [6, 6.07) is 3.03. The number of carbonyl (C=O) groups excluding carboxylic acids is 2. The van der Waals surface area contributed by atoms with Crippen molar-refractivity contribution in [2.45, 2.75) is 25.8 Å². The maximum absolute atomic E-state index is 11.7. The fourth-order valence-electron chi connectivity index (χ4n) is 1.48. The fraction of sp³-hybridized carbons (Fsp3) is 0.538. The second-order valence-corrected chi connectivity index (χ2v) is 4.37. The molecule has 6 heteroatoms. The van der Waals surface area contributed by atoms with Crippen molar-refractivity contribution in [3.63, 3.8) is 0 Å². The average molecular weight is 268 g/mol. The first kappa shape index (κ1) is 15.2. The monoisotopic (exact) mass is 268 g/mol. The highest BCUT2D eigenvalue weighted by Gasteiger charge is 2.14. The first-order valence-electron chi connectivity index (χ1n) is 6.24. The minimum absolute atomic E-state index is 0.0474. The summed E-state index contributed by atoms with van der Waals surface area (Å²) in [6.07, 6.45) is 2.32. The molecule has 0 aliphatic carbocycles. The first-order valence-corrected chi connectivity index (χ1v) is 6.24. The summed E-state index contributed by atoms with van der Waals surface area (Å²) in [5.74, 6) is -0.0688. The number of aliphatic hydroxyl groups excluding tert-OH is 1. The molecule has 1 rings (SSSR count). The third-order valence-electron chi connectivity index (χ3n) is 2.92. The third-order valence-corrected chi connectivity index (χ3v) is 2.92. The molecule has 1 aromatic heterocycles. The Balaban J connectivity index is 2.20. The molecule has 1 aromatic rings. The van der Waals surface area contributed by atoms with Crippen LogP contribution in [0.4, 0.5) is 0 Å². The molecular weight excluding hydrogens is 248 g/mol. The molecule has 0 saturated heterocycles. The number of rotatable bonds is 7. The minimum Gasteiger partial charge on any atom is -0.459 e. The second-order valence-electron chi connectivity index (χ2n) is 4.37. The normalized spacial score (nSPS) is 11.9. The fourth-order valence-corrected chi connectivity index (χ4v) is 1.48. The van der Waals surface area contributed by atoms with E-state index in [0.29, 0.717) is 19.4 Å². The lowest BCUT2D eigenvalue weighted by Gasteiger charge is -2.23. The van der Waals surface area contributed by atoms with E-state index in [4.69, 9.17) is 9.52 Å². The predicted octanol–water partition coefficient (Wildman–Crippen LogP) is 0.629. The summed E-state index contributed by atoms with van der Waals surface area (Å²) in [4.78, 5) is 24.7. The van der Waals surface area contributed by atoms with Gasteiger partial charge in [0.2, 0.25) is 5.91 Å². The van der Waals surface area contributed by atoms with Gasteiger partial charge < -0.3 is 19.7 Å². The first-order chi connectivity index (χ1) is 9.06. The van der Waals surface area contributed by atoms with Gasteiger partial charge in [0.05, 0.1) is 18.9 Å². The quantitative estimate of drug-likeness (QED) is 0.710. The van der Waals surface area contributed by atoms with Crippen molar-refractivity contribution < 1.29 is 19.1 Å². The summed E-state index contributed by atoms with van der Waals surface area (Å²) < 4.78 is 4.94.